The highest BCUT2D eigenvalue weighted by atomic mass is 35.5. The third-order valence-corrected chi connectivity index (χ3v) is 10.6. The molecule has 7 rings (SSSR count). The van der Waals surface area contributed by atoms with E-state index in [1.54, 1.807) is 43.3 Å². The van der Waals surface area contributed by atoms with Gasteiger partial charge in [0.1, 0.15) is 18.2 Å². The van der Waals surface area contributed by atoms with Gasteiger partial charge in [-0.3, -0.25) is 24.1 Å². The quantitative estimate of drug-likeness (QED) is 0.259. The summed E-state index contributed by atoms with van der Waals surface area (Å²) in [4.78, 5) is 58.9. The Hall–Kier alpha value is -4.05. The van der Waals surface area contributed by atoms with Crippen LogP contribution in [0.15, 0.2) is 78.4 Å². The van der Waals surface area contributed by atoms with Crippen LogP contribution in [0.25, 0.3) is 0 Å². The Labute approximate surface area is 274 Å². The number of anilines is 2. The molecule has 3 fully saturated rings. The van der Waals surface area contributed by atoms with Crippen LogP contribution in [0.1, 0.15) is 31.2 Å². The molecule has 0 aromatic heterocycles. The molecule has 8 nitrogen and oxygen atoms in total. The number of aliphatic hydroxyl groups is 1. The third-order valence-electron chi connectivity index (χ3n) is 10.1. The number of carbonyl (C=O) groups excluding carboxylic acids is 4. The maximum atomic E-state index is 14.5. The summed E-state index contributed by atoms with van der Waals surface area (Å²) in [5.41, 5.74) is 0.909. The number of aliphatic hydroxyl groups excluding tert-OH is 1. The van der Waals surface area contributed by atoms with Crippen molar-refractivity contribution in [2.75, 3.05) is 23.0 Å². The lowest BCUT2D eigenvalue weighted by atomic mass is 9.51. The minimum atomic E-state index is -1.26. The Bertz CT molecular complexity index is 1810. The van der Waals surface area contributed by atoms with Crippen molar-refractivity contribution in [3.63, 3.8) is 0 Å². The molecular weight excluding hydrogens is 634 g/mol. The number of hydrogen-bond acceptors (Lipinski definition) is 6. The van der Waals surface area contributed by atoms with Crippen LogP contribution in [-0.4, -0.2) is 41.9 Å². The van der Waals surface area contributed by atoms with E-state index in [4.69, 9.17) is 27.9 Å². The molecule has 0 spiro atoms. The first-order valence-electron chi connectivity index (χ1n) is 15.1. The highest BCUT2D eigenvalue weighted by Gasteiger charge is 2.67. The Kier molecular flexibility index (Phi) is 7.54. The molecule has 6 unspecified atom stereocenters. The van der Waals surface area contributed by atoms with E-state index in [0.717, 1.165) is 22.1 Å². The van der Waals surface area contributed by atoms with Crippen molar-refractivity contribution in [1.29, 1.82) is 0 Å². The van der Waals surface area contributed by atoms with Crippen molar-refractivity contribution < 1.29 is 33.4 Å². The van der Waals surface area contributed by atoms with Crippen LogP contribution in [0.2, 0.25) is 10.0 Å². The van der Waals surface area contributed by atoms with Crippen molar-refractivity contribution >= 4 is 58.2 Å². The number of halogens is 3. The monoisotopic (exact) mass is 662 g/mol. The van der Waals surface area contributed by atoms with E-state index in [9.17, 15) is 28.7 Å². The zero-order chi connectivity index (χ0) is 32.5. The fourth-order valence-electron chi connectivity index (χ4n) is 8.03. The second-order valence-corrected chi connectivity index (χ2v) is 13.2. The van der Waals surface area contributed by atoms with Crippen LogP contribution in [-0.2, 0) is 19.2 Å². The van der Waals surface area contributed by atoms with Crippen LogP contribution < -0.4 is 14.5 Å². The molecule has 0 bridgehead atoms. The molecule has 3 aromatic carbocycles. The van der Waals surface area contributed by atoms with Gasteiger partial charge in [-0.1, -0.05) is 47.0 Å². The molecule has 2 heterocycles. The van der Waals surface area contributed by atoms with Crippen LogP contribution in [0.3, 0.4) is 0 Å². The van der Waals surface area contributed by atoms with E-state index in [2.05, 4.69) is 0 Å². The Balaban J connectivity index is 1.34. The first kappa shape index (κ1) is 30.6. The Morgan fingerprint density at radius 2 is 1.59 bits per heavy atom. The van der Waals surface area contributed by atoms with Gasteiger partial charge in [0, 0.05) is 10.9 Å². The van der Waals surface area contributed by atoms with E-state index in [0.29, 0.717) is 22.9 Å². The number of imide groups is 2. The minimum Gasteiger partial charge on any atom is -0.491 e. The summed E-state index contributed by atoms with van der Waals surface area (Å²) in [5, 5.41) is 9.44. The summed E-state index contributed by atoms with van der Waals surface area (Å²) in [5.74, 6) is -5.00. The van der Waals surface area contributed by atoms with E-state index >= 15 is 0 Å². The molecule has 2 saturated heterocycles. The molecule has 4 aliphatic rings. The topological polar surface area (TPSA) is 104 Å². The maximum absolute atomic E-state index is 14.5. The highest BCUT2D eigenvalue weighted by Crippen LogP contribution is 2.63. The second-order valence-electron chi connectivity index (χ2n) is 12.4. The van der Waals surface area contributed by atoms with Crippen molar-refractivity contribution in [3.8, 4) is 5.75 Å². The van der Waals surface area contributed by atoms with Crippen molar-refractivity contribution in [1.82, 2.24) is 0 Å². The summed E-state index contributed by atoms with van der Waals surface area (Å²) in [7, 11) is 0. The van der Waals surface area contributed by atoms with Crippen LogP contribution in [0, 0.1) is 34.9 Å². The van der Waals surface area contributed by atoms with Crippen molar-refractivity contribution in [3.05, 3.63) is 99.8 Å². The Morgan fingerprint density at radius 3 is 2.26 bits per heavy atom. The molecule has 6 atom stereocenters. The number of allylic oxidation sites excluding steroid dienone is 2. The first-order valence-corrected chi connectivity index (χ1v) is 15.8. The average molecular weight is 664 g/mol. The molecule has 1 N–H and O–H groups in total. The van der Waals surface area contributed by atoms with Gasteiger partial charge in [-0.25, -0.2) is 9.29 Å². The molecule has 11 heteroatoms. The Morgan fingerprint density at radius 1 is 0.891 bits per heavy atom. The minimum absolute atomic E-state index is 0.112. The molecule has 3 aromatic rings. The summed E-state index contributed by atoms with van der Waals surface area (Å²) >= 11 is 12.1. The van der Waals surface area contributed by atoms with Gasteiger partial charge < -0.3 is 9.84 Å². The zero-order valence-corrected chi connectivity index (χ0v) is 26.2. The largest absolute Gasteiger partial charge is 0.491 e. The number of nitrogens with zero attached hydrogens (tertiary/aromatic N) is 2. The zero-order valence-electron chi connectivity index (χ0n) is 24.7. The molecule has 236 valence electrons. The van der Waals surface area contributed by atoms with E-state index in [-0.39, 0.29) is 42.2 Å². The number of rotatable bonds is 6. The fraction of sp³-hybridized carbons (Fsp3) is 0.314. The first-order chi connectivity index (χ1) is 22.1. The van der Waals surface area contributed by atoms with E-state index < -0.39 is 52.6 Å². The number of benzene rings is 3. The smallest absolute Gasteiger partial charge is 0.241 e. The molecular formula is C35H29Cl2FN2O6. The van der Waals surface area contributed by atoms with Gasteiger partial charge in [-0.05, 0) is 85.8 Å². The summed E-state index contributed by atoms with van der Waals surface area (Å²) in [6.07, 6.45) is 2.46. The van der Waals surface area contributed by atoms with E-state index in [1.807, 2.05) is 18.2 Å². The van der Waals surface area contributed by atoms with Crippen molar-refractivity contribution in [2.45, 2.75) is 25.7 Å². The molecule has 2 aliphatic heterocycles. The van der Waals surface area contributed by atoms with Gasteiger partial charge in [0.25, 0.3) is 0 Å². The summed E-state index contributed by atoms with van der Waals surface area (Å²) in [6, 6.07) is 17.4. The van der Waals surface area contributed by atoms with Gasteiger partial charge >= 0.3 is 0 Å². The lowest BCUT2D eigenvalue weighted by Crippen LogP contribution is -2.48. The molecule has 46 heavy (non-hydrogen) atoms. The number of hydrogen-bond donors (Lipinski definition) is 1. The number of amides is 4. The van der Waals surface area contributed by atoms with E-state index in [1.165, 1.54) is 17.0 Å². The van der Waals surface area contributed by atoms with Crippen LogP contribution in [0.5, 0.6) is 5.75 Å². The number of fused-ring (bicyclic) bond motifs is 4. The normalized spacial score (nSPS) is 28.6. The average Bonchev–Trinajstić information content (AvgIpc) is 3.41. The molecule has 2 aliphatic carbocycles. The standard InChI is InChI=1S/C35H29Cl2FN2O6/c1-35-26(32(43)40(34(35)45)21-8-13-28(38)27(37)16-21)17-25-23(30(35)18-2-9-22(10-3-18)46-15-14-41)11-12-24-29(25)33(44)39(31(24)42)20-6-4-19(36)5-7-20/h2-11,13,16,24-26,29-30,41H,12,14-15,17H2,1H3. The van der Waals surface area contributed by atoms with Crippen molar-refractivity contribution in [2.24, 2.45) is 29.1 Å². The highest BCUT2D eigenvalue weighted by molar-refractivity contribution is 6.32. The van der Waals surface area contributed by atoms with Gasteiger partial charge in [0.05, 0.1) is 46.2 Å². The lowest BCUT2D eigenvalue weighted by Gasteiger charge is -2.49. The van der Waals surface area contributed by atoms with Crippen LogP contribution in [0.4, 0.5) is 15.8 Å². The lowest BCUT2D eigenvalue weighted by molar-refractivity contribution is -0.131. The van der Waals surface area contributed by atoms with Gasteiger partial charge in [0.15, 0.2) is 0 Å². The summed E-state index contributed by atoms with van der Waals surface area (Å²) in [6.45, 7) is 1.73. The van der Waals surface area contributed by atoms with Crippen LogP contribution >= 0.6 is 23.2 Å². The SMILES string of the molecule is CC12C(=O)N(c3ccc(F)c(Cl)c3)C(=O)C1CC1C(=CCC3C(=O)N(c4ccc(Cl)cc4)C(=O)C31)C2c1ccc(OCCO)cc1. The molecule has 4 amide bonds. The maximum Gasteiger partial charge on any atom is 0.241 e. The predicted octanol–water partition coefficient (Wildman–Crippen LogP) is 5.94. The number of carbonyl (C=O) groups is 4. The fourth-order valence-corrected chi connectivity index (χ4v) is 8.33. The molecule has 1 saturated carbocycles. The van der Waals surface area contributed by atoms with Gasteiger partial charge in [-0.2, -0.15) is 0 Å². The number of ether oxygens (including phenoxy) is 1. The second kappa shape index (κ2) is 11.3. The molecule has 0 radical (unpaired) electrons. The summed E-state index contributed by atoms with van der Waals surface area (Å²) < 4.78 is 19.7. The van der Waals surface area contributed by atoms with Gasteiger partial charge in [-0.15, -0.1) is 0 Å². The van der Waals surface area contributed by atoms with Gasteiger partial charge in [0.2, 0.25) is 23.6 Å². The predicted molar refractivity (Wildman–Crippen MR) is 169 cm³/mol. The third kappa shape index (κ3) is 4.51.